The molecule has 3 N–H and O–H groups in total. The monoisotopic (exact) mass is 358 g/mol. The van der Waals surface area contributed by atoms with Crippen LogP contribution in [0.2, 0.25) is 0 Å². The molecule has 0 radical (unpaired) electrons. The molecule has 0 saturated heterocycles. The summed E-state index contributed by atoms with van der Waals surface area (Å²) in [5, 5.41) is 9.51. The van der Waals surface area contributed by atoms with E-state index in [0.29, 0.717) is 30.8 Å². The molecule has 25 heavy (non-hydrogen) atoms. The zero-order valence-electron chi connectivity index (χ0n) is 12.8. The molecule has 0 spiro atoms. The maximum absolute atomic E-state index is 13.8. The number of nitrogen functional groups attached to an aromatic ring is 1. The minimum Gasteiger partial charge on any atom is -0.402 e. The summed E-state index contributed by atoms with van der Waals surface area (Å²) in [6.45, 7) is -0.366. The van der Waals surface area contributed by atoms with E-state index in [9.17, 15) is 22.7 Å². The van der Waals surface area contributed by atoms with Crippen molar-refractivity contribution in [2.75, 3.05) is 5.73 Å². The Kier molecular flexibility index (Phi) is 3.12. The Balaban J connectivity index is 1.69. The van der Waals surface area contributed by atoms with Crippen molar-refractivity contribution in [3.05, 3.63) is 24.3 Å². The van der Waals surface area contributed by atoms with E-state index in [1.165, 1.54) is 6.20 Å². The number of aromatic nitrogens is 3. The fourth-order valence-corrected chi connectivity index (χ4v) is 3.75. The van der Waals surface area contributed by atoms with Crippen LogP contribution in [0, 0.1) is 0 Å². The first kappa shape index (κ1) is 16.1. The average molecular weight is 358 g/mol. The Bertz CT molecular complexity index is 829. The van der Waals surface area contributed by atoms with Crippen molar-refractivity contribution >= 4 is 5.82 Å². The lowest BCUT2D eigenvalue weighted by molar-refractivity contribution is -0.274. The van der Waals surface area contributed by atoms with Gasteiger partial charge in [0.05, 0.1) is 11.2 Å². The summed E-state index contributed by atoms with van der Waals surface area (Å²) in [5.74, 6) is -0.702. The summed E-state index contributed by atoms with van der Waals surface area (Å²) in [6.07, 6.45) is -0.979. The van der Waals surface area contributed by atoms with Crippen LogP contribution < -0.4 is 10.5 Å². The first-order valence-corrected chi connectivity index (χ1v) is 7.53. The fourth-order valence-electron chi connectivity index (χ4n) is 3.75. The van der Waals surface area contributed by atoms with Crippen molar-refractivity contribution in [3.8, 4) is 17.0 Å². The Hall–Kier alpha value is -2.36. The van der Waals surface area contributed by atoms with Crippen molar-refractivity contribution in [2.24, 2.45) is 0 Å². The molecule has 134 valence electrons. The molecule has 2 bridgehead atoms. The molecule has 0 aliphatic heterocycles. The lowest BCUT2D eigenvalue weighted by Gasteiger charge is -2.66. The van der Waals surface area contributed by atoms with Crippen LogP contribution in [0.1, 0.15) is 25.1 Å². The molecule has 6 nitrogen and oxygen atoms in total. The molecule has 2 aromatic heterocycles. The van der Waals surface area contributed by atoms with E-state index >= 15 is 0 Å². The number of aliphatic hydroxyl groups is 1. The molecule has 3 saturated carbocycles. The average Bonchev–Trinajstić information content (AvgIpc) is 2.88. The van der Waals surface area contributed by atoms with Gasteiger partial charge in [-0.25, -0.2) is 14.4 Å². The van der Waals surface area contributed by atoms with Gasteiger partial charge in [-0.3, -0.25) is 0 Å². The normalized spacial score (nSPS) is 27.6. The Morgan fingerprint density at radius 3 is 2.56 bits per heavy atom. The zero-order valence-corrected chi connectivity index (χ0v) is 12.8. The lowest BCUT2D eigenvalue weighted by Crippen LogP contribution is -2.70. The van der Waals surface area contributed by atoms with E-state index in [1.54, 1.807) is 10.8 Å². The van der Waals surface area contributed by atoms with Gasteiger partial charge in [0.25, 0.3) is 0 Å². The van der Waals surface area contributed by atoms with Gasteiger partial charge in [-0.05, 0) is 6.07 Å². The summed E-state index contributed by atoms with van der Waals surface area (Å²) in [6, 6.07) is 1.09. The highest BCUT2D eigenvalue weighted by atomic mass is 19.4. The van der Waals surface area contributed by atoms with Crippen LogP contribution in [0.5, 0.6) is 5.75 Å². The van der Waals surface area contributed by atoms with E-state index in [0.717, 1.165) is 6.07 Å². The number of anilines is 1. The molecule has 2 aromatic rings. The van der Waals surface area contributed by atoms with Gasteiger partial charge in [-0.15, -0.1) is 13.2 Å². The molecule has 10 heteroatoms. The van der Waals surface area contributed by atoms with Crippen LogP contribution in [0.25, 0.3) is 11.3 Å². The van der Waals surface area contributed by atoms with E-state index < -0.39 is 29.1 Å². The third-order valence-electron chi connectivity index (χ3n) is 4.77. The summed E-state index contributed by atoms with van der Waals surface area (Å²) >= 11 is 0. The predicted octanol–water partition coefficient (Wildman–Crippen LogP) is 2.52. The molecular formula is C15H14F4N4O2. The number of nitrogens with zero attached hydrogens (tertiary/aromatic N) is 3. The molecule has 5 rings (SSSR count). The molecule has 2 heterocycles. The highest BCUT2D eigenvalue weighted by Gasteiger charge is 2.70. The smallest absolute Gasteiger partial charge is 0.402 e. The lowest BCUT2D eigenvalue weighted by atomic mass is 9.47. The first-order valence-electron chi connectivity index (χ1n) is 7.53. The number of nitrogens with two attached hydrogens (primary N) is 1. The standard InChI is InChI=1S/C15H14F4N4O2/c16-13-5-14(6-13,7-13)23-3-9(22-11(23)4-24)8-1-10(12(20)21-2-8)25-15(17,18)19/h1-3,24H,4-7H2,(H2,20,21). The molecule has 0 aromatic carbocycles. The van der Waals surface area contributed by atoms with Crippen LogP contribution in [0.3, 0.4) is 0 Å². The van der Waals surface area contributed by atoms with Gasteiger partial charge < -0.3 is 20.1 Å². The van der Waals surface area contributed by atoms with Crippen LogP contribution >= 0.6 is 0 Å². The van der Waals surface area contributed by atoms with Crippen molar-refractivity contribution in [3.63, 3.8) is 0 Å². The summed E-state index contributed by atoms with van der Waals surface area (Å²) in [5.41, 5.74) is 4.44. The maximum atomic E-state index is 13.8. The number of alkyl halides is 4. The molecule has 0 atom stereocenters. The number of rotatable bonds is 4. The van der Waals surface area contributed by atoms with Gasteiger partial charge in [-0.1, -0.05) is 0 Å². The minimum absolute atomic E-state index is 0.253. The summed E-state index contributed by atoms with van der Waals surface area (Å²) < 4.78 is 56.7. The third kappa shape index (κ3) is 2.51. The van der Waals surface area contributed by atoms with Crippen molar-refractivity contribution in [1.82, 2.24) is 14.5 Å². The van der Waals surface area contributed by atoms with Crippen LogP contribution in [0.15, 0.2) is 18.5 Å². The molecule has 3 aliphatic carbocycles. The molecular weight excluding hydrogens is 344 g/mol. The molecule has 3 aliphatic rings. The second kappa shape index (κ2) is 4.84. The van der Waals surface area contributed by atoms with E-state index in [2.05, 4.69) is 14.7 Å². The Morgan fingerprint density at radius 2 is 2.00 bits per heavy atom. The summed E-state index contributed by atoms with van der Waals surface area (Å²) in [7, 11) is 0. The van der Waals surface area contributed by atoms with E-state index in [1.807, 2.05) is 0 Å². The first-order chi connectivity index (χ1) is 11.6. The maximum Gasteiger partial charge on any atom is 0.573 e. The molecule has 0 amide bonds. The fraction of sp³-hybridized carbons (Fsp3) is 0.467. The van der Waals surface area contributed by atoms with Gasteiger partial charge in [0, 0.05) is 37.2 Å². The van der Waals surface area contributed by atoms with Crippen molar-refractivity contribution < 1.29 is 27.4 Å². The SMILES string of the molecule is Nc1ncc(-c2cn(C34CC(F)(C3)C4)c(CO)n2)cc1OC(F)(F)F. The number of imidazole rings is 1. The van der Waals surface area contributed by atoms with Crippen LogP contribution in [0.4, 0.5) is 23.4 Å². The minimum atomic E-state index is -4.90. The second-order valence-corrected chi connectivity index (χ2v) is 6.63. The highest BCUT2D eigenvalue weighted by molar-refractivity contribution is 5.64. The van der Waals surface area contributed by atoms with E-state index in [-0.39, 0.29) is 12.2 Å². The van der Waals surface area contributed by atoms with Gasteiger partial charge in [0.1, 0.15) is 18.1 Å². The number of ether oxygens (including phenoxy) is 1. The van der Waals surface area contributed by atoms with E-state index in [4.69, 9.17) is 5.73 Å². The topological polar surface area (TPSA) is 86.2 Å². The Morgan fingerprint density at radius 1 is 1.32 bits per heavy atom. The van der Waals surface area contributed by atoms with Crippen molar-refractivity contribution in [1.29, 1.82) is 0 Å². The van der Waals surface area contributed by atoms with Crippen LogP contribution in [-0.4, -0.2) is 31.7 Å². The van der Waals surface area contributed by atoms with Crippen molar-refractivity contribution in [2.45, 2.75) is 43.4 Å². The number of halogens is 4. The van der Waals surface area contributed by atoms with Gasteiger partial charge in [0.2, 0.25) is 0 Å². The predicted molar refractivity (Wildman–Crippen MR) is 78.1 cm³/mol. The summed E-state index contributed by atoms with van der Waals surface area (Å²) in [4.78, 5) is 7.94. The third-order valence-corrected chi connectivity index (χ3v) is 4.77. The quantitative estimate of drug-likeness (QED) is 0.821. The highest BCUT2D eigenvalue weighted by Crippen LogP contribution is 2.67. The molecule has 3 fully saturated rings. The second-order valence-electron chi connectivity index (χ2n) is 6.63. The number of pyridine rings is 1. The van der Waals surface area contributed by atoms with Gasteiger partial charge in [-0.2, -0.15) is 0 Å². The zero-order chi connectivity index (χ0) is 18.0. The van der Waals surface area contributed by atoms with Gasteiger partial charge >= 0.3 is 6.36 Å². The molecule has 0 unspecified atom stereocenters. The number of hydrogen-bond acceptors (Lipinski definition) is 5. The number of aliphatic hydroxyl groups excluding tert-OH is 1. The Labute approximate surface area is 139 Å². The van der Waals surface area contributed by atoms with Gasteiger partial charge in [0.15, 0.2) is 11.6 Å². The largest absolute Gasteiger partial charge is 0.573 e. The van der Waals surface area contributed by atoms with Crippen LogP contribution in [-0.2, 0) is 12.1 Å². The number of hydrogen-bond donors (Lipinski definition) is 2.